The summed E-state index contributed by atoms with van der Waals surface area (Å²) in [5, 5.41) is 6.10. The molecule has 0 unspecified atom stereocenters. The average molecular weight is 491 g/mol. The molecule has 1 saturated heterocycles. The van der Waals surface area contributed by atoms with E-state index in [-0.39, 0.29) is 6.29 Å². The minimum Gasteiger partial charge on any atom is -0.356 e. The molecule has 0 aliphatic carbocycles. The molecule has 1 N–H and O–H groups in total. The number of aromatic nitrogens is 1. The highest BCUT2D eigenvalue weighted by Crippen LogP contribution is 2.35. The molecule has 0 bridgehead atoms. The summed E-state index contributed by atoms with van der Waals surface area (Å²) in [6.07, 6.45) is 6.10. The molecule has 0 saturated carbocycles. The second-order valence-electron chi connectivity index (χ2n) is 9.88. The molecular formula is C33H34N2O2. The van der Waals surface area contributed by atoms with Gasteiger partial charge < -0.3 is 19.4 Å². The summed E-state index contributed by atoms with van der Waals surface area (Å²) in [5.41, 5.74) is 8.20. The van der Waals surface area contributed by atoms with E-state index in [2.05, 4.69) is 108 Å². The number of hydrogen-bond donors (Lipinski definition) is 1. The van der Waals surface area contributed by atoms with Gasteiger partial charge in [0.25, 0.3) is 0 Å². The van der Waals surface area contributed by atoms with Crippen LogP contribution in [-0.2, 0) is 15.9 Å². The molecule has 1 fully saturated rings. The van der Waals surface area contributed by atoms with Gasteiger partial charge in [0.15, 0.2) is 6.29 Å². The van der Waals surface area contributed by atoms with Gasteiger partial charge in [-0.15, -0.1) is 0 Å². The van der Waals surface area contributed by atoms with E-state index in [1.54, 1.807) is 0 Å². The Kier molecular flexibility index (Phi) is 6.94. The molecule has 1 aliphatic rings. The highest BCUT2D eigenvalue weighted by Gasteiger charge is 2.19. The van der Waals surface area contributed by atoms with Crippen molar-refractivity contribution in [2.75, 3.05) is 18.5 Å². The fourth-order valence-electron chi connectivity index (χ4n) is 5.34. The first kappa shape index (κ1) is 23.8. The van der Waals surface area contributed by atoms with Crippen LogP contribution in [0.5, 0.6) is 0 Å². The molecule has 0 atom stereocenters. The van der Waals surface area contributed by atoms with E-state index in [0.29, 0.717) is 13.2 Å². The van der Waals surface area contributed by atoms with Crippen molar-refractivity contribution < 1.29 is 9.47 Å². The molecule has 0 amide bonds. The summed E-state index contributed by atoms with van der Waals surface area (Å²) in [6, 6.07) is 32.7. The van der Waals surface area contributed by atoms with Gasteiger partial charge in [0.1, 0.15) is 0 Å². The number of unbranched alkanes of at least 4 members (excludes halogenated alkanes) is 3. The summed E-state index contributed by atoms with van der Waals surface area (Å²) in [7, 11) is 0. The van der Waals surface area contributed by atoms with Gasteiger partial charge in [0.05, 0.1) is 24.2 Å². The first-order chi connectivity index (χ1) is 18.3. The van der Waals surface area contributed by atoms with Gasteiger partial charge in [0, 0.05) is 33.4 Å². The Morgan fingerprint density at radius 3 is 2.24 bits per heavy atom. The molecule has 37 heavy (non-hydrogen) atoms. The number of nitrogens with zero attached hydrogens (tertiary/aromatic N) is 1. The van der Waals surface area contributed by atoms with Gasteiger partial charge in [-0.05, 0) is 66.9 Å². The molecule has 2 heterocycles. The summed E-state index contributed by atoms with van der Waals surface area (Å²) >= 11 is 0. The van der Waals surface area contributed by atoms with Gasteiger partial charge in [-0.1, -0.05) is 68.7 Å². The number of hydrogen-bond acceptors (Lipinski definition) is 3. The molecule has 4 nitrogen and oxygen atoms in total. The van der Waals surface area contributed by atoms with Crippen molar-refractivity contribution >= 4 is 33.2 Å². The largest absolute Gasteiger partial charge is 0.356 e. The Labute approximate surface area is 218 Å². The van der Waals surface area contributed by atoms with E-state index in [1.807, 2.05) is 0 Å². The number of anilines is 2. The van der Waals surface area contributed by atoms with Crippen LogP contribution < -0.4 is 5.32 Å². The Morgan fingerprint density at radius 2 is 1.46 bits per heavy atom. The second kappa shape index (κ2) is 10.8. The number of fused-ring (bicyclic) bond motifs is 3. The van der Waals surface area contributed by atoms with E-state index in [9.17, 15) is 0 Å². The molecule has 5 aromatic rings. The van der Waals surface area contributed by atoms with Gasteiger partial charge in [-0.25, -0.2) is 0 Å². The number of ether oxygens (including phenoxy) is 2. The Balaban J connectivity index is 1.28. The highest BCUT2D eigenvalue weighted by atomic mass is 16.7. The lowest BCUT2D eigenvalue weighted by atomic mass is 10.1. The van der Waals surface area contributed by atoms with Crippen molar-refractivity contribution in [1.82, 2.24) is 4.57 Å². The normalized spacial score (nSPS) is 14.1. The van der Waals surface area contributed by atoms with Crippen molar-refractivity contribution in [3.05, 3.63) is 102 Å². The predicted octanol–water partition coefficient (Wildman–Crippen LogP) is 8.70. The standard InChI is InChI=1S/C33H34N2O2/c1-2-3-4-5-8-24-11-15-26(16-12-24)34-27-17-20-32-30(23-27)29-9-6-7-10-31(29)35(32)28-18-13-25(14-19-28)33-36-21-22-37-33/h6-7,9-20,23,33-34H,2-5,8,21-22H2,1H3. The quantitative estimate of drug-likeness (QED) is 0.210. The first-order valence-electron chi connectivity index (χ1n) is 13.5. The molecule has 188 valence electrons. The smallest absolute Gasteiger partial charge is 0.184 e. The van der Waals surface area contributed by atoms with Crippen LogP contribution in [0.4, 0.5) is 11.4 Å². The first-order valence-corrected chi connectivity index (χ1v) is 13.5. The maximum atomic E-state index is 5.67. The van der Waals surface area contributed by atoms with Crippen molar-refractivity contribution in [2.24, 2.45) is 0 Å². The lowest BCUT2D eigenvalue weighted by Crippen LogP contribution is -1.99. The van der Waals surface area contributed by atoms with Crippen LogP contribution in [0.1, 0.15) is 50.0 Å². The van der Waals surface area contributed by atoms with Crippen LogP contribution in [0.15, 0.2) is 91.0 Å². The molecule has 0 spiro atoms. The van der Waals surface area contributed by atoms with Gasteiger partial charge in [0.2, 0.25) is 0 Å². The number of rotatable bonds is 9. The Bertz CT molecular complexity index is 1480. The summed E-state index contributed by atoms with van der Waals surface area (Å²) in [6.45, 7) is 3.56. The Morgan fingerprint density at radius 1 is 0.730 bits per heavy atom. The van der Waals surface area contributed by atoms with Crippen LogP contribution in [0.25, 0.3) is 27.5 Å². The third-order valence-corrected chi connectivity index (χ3v) is 7.28. The monoisotopic (exact) mass is 490 g/mol. The SMILES string of the molecule is CCCCCCc1ccc(Nc2ccc3c(c2)c2ccccc2n3-c2ccc(C3OCCO3)cc2)cc1. The molecule has 0 radical (unpaired) electrons. The second-order valence-corrected chi connectivity index (χ2v) is 9.88. The fraction of sp³-hybridized carbons (Fsp3) is 0.273. The third kappa shape index (κ3) is 5.00. The van der Waals surface area contributed by atoms with Crippen molar-refractivity contribution in [3.63, 3.8) is 0 Å². The maximum absolute atomic E-state index is 5.67. The van der Waals surface area contributed by atoms with Gasteiger partial charge in [-0.3, -0.25) is 0 Å². The zero-order valence-corrected chi connectivity index (χ0v) is 21.5. The van der Waals surface area contributed by atoms with Crippen molar-refractivity contribution in [3.8, 4) is 5.69 Å². The number of para-hydroxylation sites is 1. The van der Waals surface area contributed by atoms with Crippen molar-refractivity contribution in [1.29, 1.82) is 0 Å². The number of nitrogens with one attached hydrogen (secondary N) is 1. The molecular weight excluding hydrogens is 456 g/mol. The van der Waals surface area contributed by atoms with Crippen LogP contribution >= 0.6 is 0 Å². The third-order valence-electron chi connectivity index (χ3n) is 7.28. The van der Waals surface area contributed by atoms with Crippen LogP contribution in [0.2, 0.25) is 0 Å². The average Bonchev–Trinajstić information content (AvgIpc) is 3.59. The van der Waals surface area contributed by atoms with Gasteiger partial charge in [-0.2, -0.15) is 0 Å². The highest BCUT2D eigenvalue weighted by molar-refractivity contribution is 6.10. The Hall–Kier alpha value is -3.60. The van der Waals surface area contributed by atoms with Crippen LogP contribution in [-0.4, -0.2) is 17.8 Å². The number of aryl methyl sites for hydroxylation is 1. The summed E-state index contributed by atoms with van der Waals surface area (Å²) < 4.78 is 13.7. The summed E-state index contributed by atoms with van der Waals surface area (Å²) in [5.74, 6) is 0. The molecule has 1 aromatic heterocycles. The number of benzene rings is 4. The lowest BCUT2D eigenvalue weighted by Gasteiger charge is -2.12. The molecule has 6 rings (SSSR count). The molecule has 4 aromatic carbocycles. The zero-order valence-electron chi connectivity index (χ0n) is 21.5. The van der Waals surface area contributed by atoms with E-state index in [4.69, 9.17) is 9.47 Å². The zero-order chi connectivity index (χ0) is 25.0. The fourth-order valence-corrected chi connectivity index (χ4v) is 5.34. The van der Waals surface area contributed by atoms with Crippen LogP contribution in [0, 0.1) is 0 Å². The predicted molar refractivity (Wildman–Crippen MR) is 153 cm³/mol. The molecule has 4 heteroatoms. The topological polar surface area (TPSA) is 35.4 Å². The maximum Gasteiger partial charge on any atom is 0.184 e. The van der Waals surface area contributed by atoms with E-state index in [0.717, 1.165) is 29.0 Å². The van der Waals surface area contributed by atoms with E-state index >= 15 is 0 Å². The minimum absolute atomic E-state index is 0.254. The van der Waals surface area contributed by atoms with E-state index < -0.39 is 0 Å². The molecule has 1 aliphatic heterocycles. The van der Waals surface area contributed by atoms with Crippen molar-refractivity contribution in [2.45, 2.75) is 45.3 Å². The minimum atomic E-state index is -0.254. The summed E-state index contributed by atoms with van der Waals surface area (Å²) in [4.78, 5) is 0. The van der Waals surface area contributed by atoms with Gasteiger partial charge >= 0.3 is 0 Å². The van der Waals surface area contributed by atoms with Crippen LogP contribution in [0.3, 0.4) is 0 Å². The lowest BCUT2D eigenvalue weighted by molar-refractivity contribution is -0.0441. The van der Waals surface area contributed by atoms with E-state index in [1.165, 1.54) is 53.1 Å².